The SMILES string of the molecule is C/C(CCc1ccc2c(c1)OCO2)=N/NC(=O)COc1ccc(C(C)(C)C)cc1. The first-order valence-electron chi connectivity index (χ1n) is 9.75. The Labute approximate surface area is 171 Å². The second-order valence-electron chi connectivity index (χ2n) is 8.13. The summed E-state index contributed by atoms with van der Waals surface area (Å²) < 4.78 is 16.2. The van der Waals surface area contributed by atoms with E-state index in [1.165, 1.54) is 5.56 Å². The first kappa shape index (κ1) is 20.7. The predicted molar refractivity (Wildman–Crippen MR) is 113 cm³/mol. The molecular formula is C23H28N2O4. The van der Waals surface area contributed by atoms with Crippen LogP contribution in [-0.4, -0.2) is 25.0 Å². The van der Waals surface area contributed by atoms with Crippen molar-refractivity contribution in [1.82, 2.24) is 5.43 Å². The number of hydrazone groups is 1. The molecule has 0 saturated heterocycles. The zero-order valence-electron chi connectivity index (χ0n) is 17.5. The summed E-state index contributed by atoms with van der Waals surface area (Å²) in [5.74, 6) is 1.93. The van der Waals surface area contributed by atoms with Gasteiger partial charge >= 0.3 is 0 Å². The molecule has 0 unspecified atom stereocenters. The number of hydrogen-bond donors (Lipinski definition) is 1. The standard InChI is InChI=1S/C23H28N2O4/c1-16(5-6-17-7-12-20-21(13-17)29-15-28-20)24-25-22(26)14-27-19-10-8-18(9-11-19)23(2,3)4/h7-13H,5-6,14-15H2,1-4H3,(H,25,26)/b24-16-. The van der Waals surface area contributed by atoms with Crippen molar-refractivity contribution in [3.05, 3.63) is 53.6 Å². The number of aryl methyl sites for hydroxylation is 1. The average Bonchev–Trinajstić information content (AvgIpc) is 3.16. The van der Waals surface area contributed by atoms with Crippen molar-refractivity contribution in [2.45, 2.75) is 46.0 Å². The molecule has 0 spiro atoms. The molecule has 0 aliphatic carbocycles. The number of fused-ring (bicyclic) bond motifs is 1. The second kappa shape index (κ2) is 8.99. The van der Waals surface area contributed by atoms with Crippen LogP contribution in [0.25, 0.3) is 0 Å². The molecule has 1 aliphatic heterocycles. The van der Waals surface area contributed by atoms with Gasteiger partial charge < -0.3 is 14.2 Å². The minimum atomic E-state index is -0.285. The van der Waals surface area contributed by atoms with Crippen LogP contribution in [0.4, 0.5) is 0 Å². The van der Waals surface area contributed by atoms with E-state index in [2.05, 4.69) is 31.3 Å². The van der Waals surface area contributed by atoms with Crippen LogP contribution in [0.2, 0.25) is 0 Å². The number of carbonyl (C=O) groups excluding carboxylic acids is 1. The zero-order chi connectivity index (χ0) is 20.9. The van der Waals surface area contributed by atoms with E-state index in [0.717, 1.165) is 35.6 Å². The van der Waals surface area contributed by atoms with Crippen molar-refractivity contribution in [2.24, 2.45) is 5.10 Å². The first-order chi connectivity index (χ1) is 13.8. The lowest BCUT2D eigenvalue weighted by Crippen LogP contribution is -2.25. The fraction of sp³-hybridized carbons (Fsp3) is 0.391. The summed E-state index contributed by atoms with van der Waals surface area (Å²) in [4.78, 5) is 12.0. The minimum Gasteiger partial charge on any atom is -0.484 e. The van der Waals surface area contributed by atoms with Crippen LogP contribution in [-0.2, 0) is 16.6 Å². The van der Waals surface area contributed by atoms with Crippen LogP contribution in [0.1, 0.15) is 45.2 Å². The van der Waals surface area contributed by atoms with Gasteiger partial charge in [0.25, 0.3) is 5.91 Å². The lowest BCUT2D eigenvalue weighted by Gasteiger charge is -2.19. The van der Waals surface area contributed by atoms with Crippen LogP contribution in [0, 0.1) is 0 Å². The van der Waals surface area contributed by atoms with Crippen molar-refractivity contribution >= 4 is 11.6 Å². The molecular weight excluding hydrogens is 368 g/mol. The van der Waals surface area contributed by atoms with Crippen molar-refractivity contribution in [2.75, 3.05) is 13.4 Å². The van der Waals surface area contributed by atoms with Gasteiger partial charge in [0, 0.05) is 5.71 Å². The molecule has 0 bridgehead atoms. The van der Waals surface area contributed by atoms with E-state index >= 15 is 0 Å². The molecule has 6 heteroatoms. The fourth-order valence-electron chi connectivity index (χ4n) is 2.87. The summed E-state index contributed by atoms with van der Waals surface area (Å²) in [5.41, 5.74) is 5.83. The van der Waals surface area contributed by atoms with E-state index in [1.54, 1.807) is 0 Å². The summed E-state index contributed by atoms with van der Waals surface area (Å²) in [6.45, 7) is 8.55. The van der Waals surface area contributed by atoms with E-state index in [1.807, 2.05) is 49.4 Å². The Hall–Kier alpha value is -3.02. The molecule has 1 amide bonds. The Bertz CT molecular complexity index is 883. The van der Waals surface area contributed by atoms with E-state index < -0.39 is 0 Å². The van der Waals surface area contributed by atoms with Crippen LogP contribution in [0.3, 0.4) is 0 Å². The van der Waals surface area contributed by atoms with Crippen LogP contribution in [0.15, 0.2) is 47.6 Å². The van der Waals surface area contributed by atoms with E-state index in [0.29, 0.717) is 5.75 Å². The number of amides is 1. The first-order valence-corrected chi connectivity index (χ1v) is 9.75. The molecule has 1 aliphatic rings. The number of nitrogens with one attached hydrogen (secondary N) is 1. The lowest BCUT2D eigenvalue weighted by molar-refractivity contribution is -0.123. The van der Waals surface area contributed by atoms with Gasteiger partial charge in [0.15, 0.2) is 18.1 Å². The normalized spacial score (nSPS) is 13.3. The molecule has 1 heterocycles. The number of nitrogens with zero attached hydrogens (tertiary/aromatic N) is 1. The second-order valence-corrected chi connectivity index (χ2v) is 8.13. The predicted octanol–water partition coefficient (Wildman–Crippen LogP) is 4.22. The Morgan fingerprint density at radius 3 is 2.55 bits per heavy atom. The minimum absolute atomic E-state index is 0.0756. The Morgan fingerprint density at radius 1 is 1.10 bits per heavy atom. The summed E-state index contributed by atoms with van der Waals surface area (Å²) in [5, 5.41) is 4.15. The Morgan fingerprint density at radius 2 is 1.83 bits per heavy atom. The highest BCUT2D eigenvalue weighted by molar-refractivity contribution is 5.85. The zero-order valence-corrected chi connectivity index (χ0v) is 17.5. The van der Waals surface area contributed by atoms with Crippen molar-refractivity contribution in [3.63, 3.8) is 0 Å². The van der Waals surface area contributed by atoms with Gasteiger partial charge in [0.1, 0.15) is 5.75 Å². The molecule has 0 fully saturated rings. The molecule has 2 aromatic rings. The van der Waals surface area contributed by atoms with E-state index in [9.17, 15) is 4.79 Å². The fourth-order valence-corrected chi connectivity index (χ4v) is 2.87. The number of ether oxygens (including phenoxy) is 3. The van der Waals surface area contributed by atoms with Gasteiger partial charge in [-0.05, 0) is 60.6 Å². The Balaban J connectivity index is 1.41. The summed E-state index contributed by atoms with van der Waals surface area (Å²) in [6, 6.07) is 13.7. The van der Waals surface area contributed by atoms with Gasteiger partial charge in [-0.1, -0.05) is 39.0 Å². The van der Waals surface area contributed by atoms with Gasteiger partial charge in [0.2, 0.25) is 6.79 Å². The molecule has 0 atom stereocenters. The van der Waals surface area contributed by atoms with Gasteiger partial charge in [-0.3, -0.25) is 4.79 Å². The van der Waals surface area contributed by atoms with Gasteiger partial charge in [0.05, 0.1) is 0 Å². The highest BCUT2D eigenvalue weighted by atomic mass is 16.7. The van der Waals surface area contributed by atoms with Gasteiger partial charge in [-0.15, -0.1) is 0 Å². The van der Waals surface area contributed by atoms with Crippen LogP contribution >= 0.6 is 0 Å². The monoisotopic (exact) mass is 396 g/mol. The van der Waals surface area contributed by atoms with Crippen molar-refractivity contribution in [3.8, 4) is 17.2 Å². The van der Waals surface area contributed by atoms with Crippen LogP contribution in [0.5, 0.6) is 17.2 Å². The largest absolute Gasteiger partial charge is 0.484 e. The van der Waals surface area contributed by atoms with E-state index in [4.69, 9.17) is 14.2 Å². The average molecular weight is 396 g/mol. The maximum Gasteiger partial charge on any atom is 0.277 e. The molecule has 1 N–H and O–H groups in total. The molecule has 29 heavy (non-hydrogen) atoms. The number of benzene rings is 2. The third-order valence-corrected chi connectivity index (χ3v) is 4.67. The summed E-state index contributed by atoms with van der Waals surface area (Å²) in [6.07, 6.45) is 1.54. The molecule has 0 radical (unpaired) electrons. The van der Waals surface area contributed by atoms with E-state index in [-0.39, 0.29) is 24.7 Å². The molecule has 0 saturated carbocycles. The molecule has 2 aromatic carbocycles. The van der Waals surface area contributed by atoms with Crippen molar-refractivity contribution in [1.29, 1.82) is 0 Å². The maximum absolute atomic E-state index is 12.0. The third kappa shape index (κ3) is 5.98. The quantitative estimate of drug-likeness (QED) is 0.562. The van der Waals surface area contributed by atoms with Crippen molar-refractivity contribution < 1.29 is 19.0 Å². The highest BCUT2D eigenvalue weighted by Crippen LogP contribution is 2.32. The molecule has 154 valence electrons. The maximum atomic E-state index is 12.0. The Kier molecular flexibility index (Phi) is 6.42. The number of rotatable bonds is 7. The number of hydrogen-bond acceptors (Lipinski definition) is 5. The number of carbonyl (C=O) groups is 1. The van der Waals surface area contributed by atoms with Gasteiger partial charge in [-0.25, -0.2) is 5.43 Å². The molecule has 6 nitrogen and oxygen atoms in total. The van der Waals surface area contributed by atoms with Crippen LogP contribution < -0.4 is 19.6 Å². The van der Waals surface area contributed by atoms with Gasteiger partial charge in [-0.2, -0.15) is 5.10 Å². The third-order valence-electron chi connectivity index (χ3n) is 4.67. The lowest BCUT2D eigenvalue weighted by atomic mass is 9.87. The summed E-state index contributed by atoms with van der Waals surface area (Å²) in [7, 11) is 0. The highest BCUT2D eigenvalue weighted by Gasteiger charge is 2.14. The molecule has 3 rings (SSSR count). The molecule has 0 aromatic heterocycles. The topological polar surface area (TPSA) is 69.2 Å². The smallest absolute Gasteiger partial charge is 0.277 e. The summed E-state index contributed by atoms with van der Waals surface area (Å²) >= 11 is 0.